The predicted molar refractivity (Wildman–Crippen MR) is 74.2 cm³/mol. The van der Waals surface area contributed by atoms with E-state index in [4.69, 9.17) is 14.6 Å². The quantitative estimate of drug-likeness (QED) is 0.926. The molecule has 98 valence electrons. The number of rotatable bonds is 4. The first-order valence-electron chi connectivity index (χ1n) is 5.45. The first kappa shape index (κ1) is 13.4. The highest BCUT2D eigenvalue weighted by atomic mass is 79.9. The molecule has 0 aromatic heterocycles. The molecule has 0 saturated carbocycles. The predicted octanol–water partition coefficient (Wildman–Crippen LogP) is 3.95. The molecule has 0 spiro atoms. The van der Waals surface area contributed by atoms with E-state index in [0.717, 1.165) is 0 Å². The van der Waals surface area contributed by atoms with Crippen LogP contribution in [0.1, 0.15) is 10.4 Å². The van der Waals surface area contributed by atoms with E-state index in [1.807, 2.05) is 12.1 Å². The van der Waals surface area contributed by atoms with Crippen LogP contribution in [0.2, 0.25) is 0 Å². The Morgan fingerprint density at radius 1 is 1.16 bits per heavy atom. The molecule has 0 saturated heterocycles. The summed E-state index contributed by atoms with van der Waals surface area (Å²) < 4.78 is 11.5. The lowest BCUT2D eigenvalue weighted by Gasteiger charge is -2.10. The Balaban J connectivity index is 2.35. The Bertz CT molecular complexity index is 610. The monoisotopic (exact) mass is 322 g/mol. The van der Waals surface area contributed by atoms with E-state index in [-0.39, 0.29) is 5.56 Å². The summed E-state index contributed by atoms with van der Waals surface area (Å²) in [6.07, 6.45) is 0. The van der Waals surface area contributed by atoms with Gasteiger partial charge in [0.25, 0.3) is 0 Å². The maximum atomic E-state index is 11.0. The fourth-order valence-corrected chi connectivity index (χ4v) is 2.05. The minimum Gasteiger partial charge on any atom is -0.493 e. The molecule has 2 aromatic carbocycles. The van der Waals surface area contributed by atoms with E-state index in [2.05, 4.69) is 15.9 Å². The van der Waals surface area contributed by atoms with Crippen molar-refractivity contribution in [1.82, 2.24) is 0 Å². The van der Waals surface area contributed by atoms with Gasteiger partial charge in [0.15, 0.2) is 11.5 Å². The maximum Gasteiger partial charge on any atom is 0.335 e. The summed E-state index contributed by atoms with van der Waals surface area (Å²) in [6, 6.07) is 11.8. The molecule has 0 amide bonds. The van der Waals surface area contributed by atoms with E-state index in [0.29, 0.717) is 21.7 Å². The van der Waals surface area contributed by atoms with Crippen LogP contribution in [0.4, 0.5) is 0 Å². The second-order valence-corrected chi connectivity index (χ2v) is 4.65. The number of ether oxygens (including phenoxy) is 2. The van der Waals surface area contributed by atoms with Crippen molar-refractivity contribution in [3.63, 3.8) is 0 Å². The fraction of sp³-hybridized carbons (Fsp3) is 0.0714. The highest BCUT2D eigenvalue weighted by Crippen LogP contribution is 2.32. The Morgan fingerprint density at radius 2 is 1.84 bits per heavy atom. The van der Waals surface area contributed by atoms with Gasteiger partial charge in [-0.15, -0.1) is 0 Å². The van der Waals surface area contributed by atoms with Crippen molar-refractivity contribution in [3.8, 4) is 17.2 Å². The highest BCUT2D eigenvalue weighted by molar-refractivity contribution is 9.10. The molecule has 2 rings (SSSR count). The number of para-hydroxylation sites is 2. The molecule has 0 aliphatic carbocycles. The third-order valence-electron chi connectivity index (χ3n) is 2.42. The number of hydrogen-bond acceptors (Lipinski definition) is 3. The number of halogens is 1. The van der Waals surface area contributed by atoms with Gasteiger partial charge < -0.3 is 14.6 Å². The molecular formula is C14H11BrO4. The molecule has 0 unspecified atom stereocenters. The summed E-state index contributed by atoms with van der Waals surface area (Å²) in [5, 5.41) is 9.00. The normalized spacial score (nSPS) is 10.0. The Labute approximate surface area is 118 Å². The summed E-state index contributed by atoms with van der Waals surface area (Å²) in [6.45, 7) is 0. The molecule has 2 aromatic rings. The topological polar surface area (TPSA) is 55.8 Å². The second kappa shape index (κ2) is 5.75. The molecule has 0 radical (unpaired) electrons. The zero-order valence-electron chi connectivity index (χ0n) is 10.1. The van der Waals surface area contributed by atoms with Crippen molar-refractivity contribution in [2.45, 2.75) is 0 Å². The number of carbonyl (C=O) groups is 1. The van der Waals surface area contributed by atoms with E-state index < -0.39 is 5.97 Å². The van der Waals surface area contributed by atoms with Crippen LogP contribution in [0, 0.1) is 0 Å². The van der Waals surface area contributed by atoms with Crippen molar-refractivity contribution in [2.24, 2.45) is 0 Å². The Kier molecular flexibility index (Phi) is 4.06. The molecule has 0 atom stereocenters. The van der Waals surface area contributed by atoms with E-state index in [1.165, 1.54) is 12.1 Å². The van der Waals surface area contributed by atoms with Gasteiger partial charge in [-0.3, -0.25) is 0 Å². The minimum absolute atomic E-state index is 0.152. The molecule has 19 heavy (non-hydrogen) atoms. The maximum absolute atomic E-state index is 11.0. The molecular weight excluding hydrogens is 312 g/mol. The average molecular weight is 323 g/mol. The molecule has 0 aliphatic rings. The van der Waals surface area contributed by atoms with E-state index >= 15 is 0 Å². The lowest BCUT2D eigenvalue weighted by atomic mass is 10.2. The van der Waals surface area contributed by atoms with Crippen LogP contribution in [-0.4, -0.2) is 18.2 Å². The van der Waals surface area contributed by atoms with Gasteiger partial charge in [-0.2, -0.15) is 0 Å². The van der Waals surface area contributed by atoms with Gasteiger partial charge in [0.1, 0.15) is 5.75 Å². The van der Waals surface area contributed by atoms with E-state index in [9.17, 15) is 4.79 Å². The summed E-state index contributed by atoms with van der Waals surface area (Å²) in [4.78, 5) is 11.0. The number of carboxylic acid groups (broad SMARTS) is 1. The molecule has 1 N–H and O–H groups in total. The van der Waals surface area contributed by atoms with Crippen molar-refractivity contribution in [3.05, 3.63) is 52.5 Å². The van der Waals surface area contributed by atoms with Gasteiger partial charge >= 0.3 is 5.97 Å². The molecule has 0 bridgehead atoms. The fourth-order valence-electron chi connectivity index (χ4n) is 1.58. The summed E-state index contributed by atoms with van der Waals surface area (Å²) in [5.41, 5.74) is 0.152. The van der Waals surface area contributed by atoms with Crippen molar-refractivity contribution in [1.29, 1.82) is 0 Å². The van der Waals surface area contributed by atoms with Crippen molar-refractivity contribution >= 4 is 21.9 Å². The van der Waals surface area contributed by atoms with Crippen molar-refractivity contribution < 1.29 is 19.4 Å². The molecule has 4 nitrogen and oxygen atoms in total. The minimum atomic E-state index is -1.01. The lowest BCUT2D eigenvalue weighted by Crippen LogP contribution is -1.97. The molecule has 0 fully saturated rings. The van der Waals surface area contributed by atoms with Crippen LogP contribution in [-0.2, 0) is 0 Å². The van der Waals surface area contributed by atoms with Gasteiger partial charge in [-0.1, -0.05) is 28.1 Å². The first-order chi connectivity index (χ1) is 9.10. The average Bonchev–Trinajstić information content (AvgIpc) is 2.38. The molecule has 0 heterocycles. The Hall–Kier alpha value is -2.01. The standard InChI is InChI=1S/C14H11BrO4/c1-18-12-4-2-3-5-13(12)19-11-7-9(14(16)17)6-10(15)8-11/h2-8H,1H3,(H,16,17). The summed E-state index contributed by atoms with van der Waals surface area (Å²) in [5.74, 6) is 0.529. The third-order valence-corrected chi connectivity index (χ3v) is 2.87. The van der Waals surface area contributed by atoms with Gasteiger partial charge in [0.2, 0.25) is 0 Å². The van der Waals surface area contributed by atoms with Crippen LogP contribution >= 0.6 is 15.9 Å². The summed E-state index contributed by atoms with van der Waals surface area (Å²) >= 11 is 3.26. The van der Waals surface area contributed by atoms with Gasteiger partial charge in [-0.25, -0.2) is 4.79 Å². The number of aromatic carboxylic acids is 1. The van der Waals surface area contributed by atoms with Gasteiger partial charge in [0.05, 0.1) is 12.7 Å². The number of benzene rings is 2. The van der Waals surface area contributed by atoms with Crippen molar-refractivity contribution in [2.75, 3.05) is 7.11 Å². The number of carboxylic acids is 1. The van der Waals surface area contributed by atoms with Crippen LogP contribution in [0.5, 0.6) is 17.2 Å². The number of hydrogen-bond donors (Lipinski definition) is 1. The first-order valence-corrected chi connectivity index (χ1v) is 6.24. The molecule has 0 aliphatic heterocycles. The largest absolute Gasteiger partial charge is 0.493 e. The SMILES string of the molecule is COc1ccccc1Oc1cc(Br)cc(C(=O)O)c1. The number of methoxy groups -OCH3 is 1. The molecule has 5 heteroatoms. The Morgan fingerprint density at radius 3 is 2.47 bits per heavy atom. The van der Waals surface area contributed by atoms with Gasteiger partial charge in [-0.05, 0) is 30.3 Å². The van der Waals surface area contributed by atoms with E-state index in [1.54, 1.807) is 25.3 Å². The zero-order valence-corrected chi connectivity index (χ0v) is 11.7. The third kappa shape index (κ3) is 3.26. The highest BCUT2D eigenvalue weighted by Gasteiger charge is 2.09. The smallest absolute Gasteiger partial charge is 0.335 e. The van der Waals surface area contributed by atoms with Crippen LogP contribution in [0.25, 0.3) is 0 Å². The van der Waals surface area contributed by atoms with Gasteiger partial charge in [0, 0.05) is 4.47 Å². The van der Waals surface area contributed by atoms with Crippen LogP contribution < -0.4 is 9.47 Å². The van der Waals surface area contributed by atoms with Crippen LogP contribution in [0.3, 0.4) is 0 Å². The van der Waals surface area contributed by atoms with Crippen LogP contribution in [0.15, 0.2) is 46.9 Å². The lowest BCUT2D eigenvalue weighted by molar-refractivity contribution is 0.0696. The summed E-state index contributed by atoms with van der Waals surface area (Å²) in [7, 11) is 1.55. The second-order valence-electron chi connectivity index (χ2n) is 3.73. The zero-order chi connectivity index (χ0) is 13.8.